The first-order chi connectivity index (χ1) is 9.08. The van der Waals surface area contributed by atoms with Crippen LogP contribution in [0.15, 0.2) is 24.3 Å². The standard InChI is InChI=1S/C16H19N3/c1-9(2)13-7-5-11-14(17-13)8-6-12-15(10(3)4)18-19-16(11)12/h5-10H,1-4H3,(H,18,19). The number of pyridine rings is 1. The van der Waals surface area contributed by atoms with Gasteiger partial charge in [-0.15, -0.1) is 0 Å². The summed E-state index contributed by atoms with van der Waals surface area (Å²) in [7, 11) is 0. The molecule has 0 amide bonds. The smallest absolute Gasteiger partial charge is 0.102 e. The highest BCUT2D eigenvalue weighted by molar-refractivity contribution is 6.04. The molecule has 0 atom stereocenters. The summed E-state index contributed by atoms with van der Waals surface area (Å²) in [5.41, 5.74) is 4.39. The van der Waals surface area contributed by atoms with Crippen molar-refractivity contribution in [2.45, 2.75) is 39.5 Å². The number of rotatable bonds is 2. The summed E-state index contributed by atoms with van der Waals surface area (Å²) in [4.78, 5) is 4.73. The molecule has 2 aromatic heterocycles. The van der Waals surface area contributed by atoms with Crippen molar-refractivity contribution in [3.63, 3.8) is 0 Å². The zero-order valence-electron chi connectivity index (χ0n) is 11.9. The second-order valence-corrected chi connectivity index (χ2v) is 5.71. The molecule has 1 aromatic carbocycles. The number of benzene rings is 1. The maximum Gasteiger partial charge on any atom is 0.102 e. The lowest BCUT2D eigenvalue weighted by molar-refractivity contribution is 0.818. The molecule has 0 saturated carbocycles. The van der Waals surface area contributed by atoms with Crippen LogP contribution in [0, 0.1) is 0 Å². The molecule has 0 aliphatic rings. The van der Waals surface area contributed by atoms with Crippen LogP contribution in [0.2, 0.25) is 0 Å². The summed E-state index contributed by atoms with van der Waals surface area (Å²) < 4.78 is 0. The molecule has 98 valence electrons. The zero-order chi connectivity index (χ0) is 13.6. The van der Waals surface area contributed by atoms with Crippen LogP contribution in [-0.4, -0.2) is 15.2 Å². The van der Waals surface area contributed by atoms with Gasteiger partial charge in [0.2, 0.25) is 0 Å². The normalized spacial score (nSPS) is 12.1. The Morgan fingerprint density at radius 1 is 0.895 bits per heavy atom. The second-order valence-electron chi connectivity index (χ2n) is 5.71. The highest BCUT2D eigenvalue weighted by atomic mass is 15.1. The van der Waals surface area contributed by atoms with E-state index in [0.717, 1.165) is 22.1 Å². The molecule has 0 saturated heterocycles. The van der Waals surface area contributed by atoms with Crippen molar-refractivity contribution in [2.24, 2.45) is 0 Å². The van der Waals surface area contributed by atoms with Gasteiger partial charge in [-0.3, -0.25) is 10.1 Å². The molecule has 3 heteroatoms. The van der Waals surface area contributed by atoms with Crippen molar-refractivity contribution in [1.29, 1.82) is 0 Å². The Balaban J connectivity index is 2.30. The van der Waals surface area contributed by atoms with Gasteiger partial charge in [0.15, 0.2) is 0 Å². The quantitative estimate of drug-likeness (QED) is 0.737. The summed E-state index contributed by atoms with van der Waals surface area (Å²) in [5, 5.41) is 9.98. The first kappa shape index (κ1) is 12.2. The maximum absolute atomic E-state index is 4.73. The van der Waals surface area contributed by atoms with E-state index in [2.05, 4.69) is 62.2 Å². The number of nitrogens with zero attached hydrogens (tertiary/aromatic N) is 2. The molecule has 0 aliphatic carbocycles. The van der Waals surface area contributed by atoms with Gasteiger partial charge in [-0.2, -0.15) is 5.10 Å². The maximum atomic E-state index is 4.73. The van der Waals surface area contributed by atoms with Crippen molar-refractivity contribution in [1.82, 2.24) is 15.2 Å². The molecule has 3 rings (SSSR count). The Kier molecular flexibility index (Phi) is 2.77. The predicted octanol–water partition coefficient (Wildman–Crippen LogP) is 4.36. The van der Waals surface area contributed by atoms with E-state index in [4.69, 9.17) is 4.98 Å². The van der Waals surface area contributed by atoms with Crippen LogP contribution in [-0.2, 0) is 0 Å². The fraction of sp³-hybridized carbons (Fsp3) is 0.375. The van der Waals surface area contributed by atoms with Crippen molar-refractivity contribution in [3.8, 4) is 0 Å². The molecule has 3 nitrogen and oxygen atoms in total. The van der Waals surface area contributed by atoms with Crippen LogP contribution in [0.1, 0.15) is 50.9 Å². The summed E-state index contributed by atoms with van der Waals surface area (Å²) in [6.07, 6.45) is 0. The van der Waals surface area contributed by atoms with Gasteiger partial charge in [0, 0.05) is 22.2 Å². The molecule has 19 heavy (non-hydrogen) atoms. The Hall–Kier alpha value is -1.90. The number of fused-ring (bicyclic) bond motifs is 3. The van der Waals surface area contributed by atoms with E-state index in [-0.39, 0.29) is 0 Å². The van der Waals surface area contributed by atoms with E-state index in [9.17, 15) is 0 Å². The van der Waals surface area contributed by atoms with Gasteiger partial charge in [0.1, 0.15) is 5.52 Å². The largest absolute Gasteiger partial charge is 0.281 e. The Morgan fingerprint density at radius 3 is 2.32 bits per heavy atom. The molecular weight excluding hydrogens is 234 g/mol. The lowest BCUT2D eigenvalue weighted by Gasteiger charge is -2.06. The zero-order valence-corrected chi connectivity index (χ0v) is 11.9. The van der Waals surface area contributed by atoms with Crippen LogP contribution in [0.4, 0.5) is 0 Å². The highest BCUT2D eigenvalue weighted by Gasteiger charge is 2.12. The fourth-order valence-electron chi connectivity index (χ4n) is 2.48. The minimum atomic E-state index is 0.449. The molecule has 2 heterocycles. The number of hydrogen-bond donors (Lipinski definition) is 1. The first-order valence-corrected chi connectivity index (χ1v) is 6.85. The van der Waals surface area contributed by atoms with Gasteiger partial charge in [-0.25, -0.2) is 0 Å². The molecule has 0 radical (unpaired) electrons. The van der Waals surface area contributed by atoms with Gasteiger partial charge in [-0.05, 0) is 36.1 Å². The topological polar surface area (TPSA) is 41.6 Å². The molecule has 1 N–H and O–H groups in total. The third-order valence-corrected chi connectivity index (χ3v) is 3.61. The summed E-state index contributed by atoms with van der Waals surface area (Å²) >= 11 is 0. The number of hydrogen-bond acceptors (Lipinski definition) is 2. The van der Waals surface area contributed by atoms with E-state index in [1.807, 2.05) is 0 Å². The molecule has 0 fully saturated rings. The Morgan fingerprint density at radius 2 is 1.63 bits per heavy atom. The summed E-state index contributed by atoms with van der Waals surface area (Å²) in [6, 6.07) is 8.49. The Bertz CT molecular complexity index is 738. The first-order valence-electron chi connectivity index (χ1n) is 6.85. The van der Waals surface area contributed by atoms with Crippen molar-refractivity contribution in [3.05, 3.63) is 35.7 Å². The summed E-state index contributed by atoms with van der Waals surface area (Å²) in [6.45, 7) is 8.69. The third-order valence-electron chi connectivity index (χ3n) is 3.61. The van der Waals surface area contributed by atoms with Crippen molar-refractivity contribution < 1.29 is 0 Å². The van der Waals surface area contributed by atoms with E-state index >= 15 is 0 Å². The number of aromatic nitrogens is 3. The van der Waals surface area contributed by atoms with Crippen molar-refractivity contribution >= 4 is 21.8 Å². The van der Waals surface area contributed by atoms with E-state index in [1.54, 1.807) is 0 Å². The molecule has 0 bridgehead atoms. The number of aromatic amines is 1. The van der Waals surface area contributed by atoms with Gasteiger partial charge in [0.05, 0.1) is 5.52 Å². The second kappa shape index (κ2) is 4.34. The third kappa shape index (κ3) is 1.89. The average molecular weight is 253 g/mol. The van der Waals surface area contributed by atoms with E-state index < -0.39 is 0 Å². The minimum Gasteiger partial charge on any atom is -0.281 e. The van der Waals surface area contributed by atoms with Gasteiger partial charge >= 0.3 is 0 Å². The molecular formula is C16H19N3. The fourth-order valence-corrected chi connectivity index (χ4v) is 2.48. The van der Waals surface area contributed by atoms with Gasteiger partial charge in [-0.1, -0.05) is 27.7 Å². The van der Waals surface area contributed by atoms with Gasteiger partial charge in [0.25, 0.3) is 0 Å². The van der Waals surface area contributed by atoms with Crippen LogP contribution in [0.5, 0.6) is 0 Å². The minimum absolute atomic E-state index is 0.449. The van der Waals surface area contributed by atoms with Crippen LogP contribution in [0.3, 0.4) is 0 Å². The lowest BCUT2D eigenvalue weighted by atomic mass is 10.0. The molecule has 0 aliphatic heterocycles. The molecule has 3 aromatic rings. The van der Waals surface area contributed by atoms with Crippen LogP contribution < -0.4 is 0 Å². The molecule has 0 unspecified atom stereocenters. The number of H-pyrrole nitrogens is 1. The van der Waals surface area contributed by atoms with E-state index in [1.165, 1.54) is 11.1 Å². The predicted molar refractivity (Wildman–Crippen MR) is 79.6 cm³/mol. The van der Waals surface area contributed by atoms with Crippen LogP contribution >= 0.6 is 0 Å². The Labute approximate surface area is 113 Å². The molecule has 0 spiro atoms. The van der Waals surface area contributed by atoms with Crippen LogP contribution in [0.25, 0.3) is 21.8 Å². The van der Waals surface area contributed by atoms with Gasteiger partial charge < -0.3 is 0 Å². The average Bonchev–Trinajstić information content (AvgIpc) is 2.82. The van der Waals surface area contributed by atoms with Crippen molar-refractivity contribution in [2.75, 3.05) is 0 Å². The SMILES string of the molecule is CC(C)c1ccc2c(ccc3c(C(C)C)[nH]nc32)n1. The lowest BCUT2D eigenvalue weighted by Crippen LogP contribution is -1.92. The summed E-state index contributed by atoms with van der Waals surface area (Å²) in [5.74, 6) is 0.899. The number of nitrogens with one attached hydrogen (secondary N) is 1. The monoisotopic (exact) mass is 253 g/mol. The highest BCUT2D eigenvalue weighted by Crippen LogP contribution is 2.29. The van der Waals surface area contributed by atoms with E-state index in [0.29, 0.717) is 11.8 Å².